The first-order valence-corrected chi connectivity index (χ1v) is 7.54. The van der Waals surface area contributed by atoms with Crippen LogP contribution >= 0.6 is 23.5 Å². The maximum absolute atomic E-state index is 4.38. The van der Waals surface area contributed by atoms with Gasteiger partial charge in [-0.3, -0.25) is 0 Å². The van der Waals surface area contributed by atoms with E-state index in [1.54, 1.807) is 24.8 Å². The number of hydrogen-bond acceptors (Lipinski definition) is 6. The number of aromatic nitrogens is 4. The summed E-state index contributed by atoms with van der Waals surface area (Å²) in [4.78, 5) is 17.3. The van der Waals surface area contributed by atoms with Crippen LogP contribution in [0.2, 0.25) is 0 Å². The molecule has 0 atom stereocenters. The number of rotatable bonds is 4. The van der Waals surface area contributed by atoms with Crippen LogP contribution in [0.4, 0.5) is 0 Å². The van der Waals surface area contributed by atoms with E-state index >= 15 is 0 Å². The van der Waals surface area contributed by atoms with Crippen LogP contribution in [0, 0.1) is 0 Å². The number of nitrogens with zero attached hydrogens (tertiary/aromatic N) is 4. The molecule has 3 aromatic heterocycles. The summed E-state index contributed by atoms with van der Waals surface area (Å²) in [5.74, 6) is 0. The van der Waals surface area contributed by atoms with Crippen molar-refractivity contribution in [2.75, 3.05) is 0 Å². The van der Waals surface area contributed by atoms with Crippen molar-refractivity contribution in [2.24, 2.45) is 0 Å². The summed E-state index contributed by atoms with van der Waals surface area (Å²) in [7, 11) is 0. The summed E-state index contributed by atoms with van der Waals surface area (Å²) in [5, 5.41) is 3.47. The van der Waals surface area contributed by atoms with Gasteiger partial charge >= 0.3 is 0 Å². The summed E-state index contributed by atoms with van der Waals surface area (Å²) in [6.07, 6.45) is 6.91. The zero-order valence-electron chi connectivity index (χ0n) is 10.4. The monoisotopic (exact) mass is 298 g/mol. The predicted octanol–water partition coefficient (Wildman–Crippen LogP) is 3.57. The zero-order chi connectivity index (χ0) is 13.6. The van der Waals surface area contributed by atoms with Gasteiger partial charge in [-0.1, -0.05) is 12.1 Å². The van der Waals surface area contributed by atoms with Gasteiger partial charge < -0.3 is 0 Å². The highest BCUT2D eigenvalue weighted by Crippen LogP contribution is 2.34. The second-order valence-corrected chi connectivity index (χ2v) is 5.72. The summed E-state index contributed by atoms with van der Waals surface area (Å²) < 4.78 is 0. The average molecular weight is 298 g/mol. The summed E-state index contributed by atoms with van der Waals surface area (Å²) >= 11 is 3.00. The summed E-state index contributed by atoms with van der Waals surface area (Å²) in [6, 6.07) is 11.6. The molecule has 0 saturated carbocycles. The first-order chi connectivity index (χ1) is 9.92. The van der Waals surface area contributed by atoms with Crippen molar-refractivity contribution in [3.63, 3.8) is 0 Å². The van der Waals surface area contributed by atoms with E-state index in [1.807, 2.05) is 36.4 Å². The maximum atomic E-state index is 4.38. The van der Waals surface area contributed by atoms with Crippen molar-refractivity contribution < 1.29 is 0 Å². The predicted molar refractivity (Wildman–Crippen MR) is 78.8 cm³/mol. The van der Waals surface area contributed by atoms with Crippen molar-refractivity contribution in [1.29, 1.82) is 0 Å². The average Bonchev–Trinajstić information content (AvgIpc) is 2.51. The molecule has 3 rings (SSSR count). The largest absolute Gasteiger partial charge is 0.250 e. The fourth-order valence-electron chi connectivity index (χ4n) is 1.47. The lowest BCUT2D eigenvalue weighted by atomic mass is 10.5. The van der Waals surface area contributed by atoms with E-state index < -0.39 is 0 Å². The molecule has 3 heterocycles. The van der Waals surface area contributed by atoms with Gasteiger partial charge in [-0.05, 0) is 47.8 Å². The Hall–Kier alpha value is -1.92. The molecule has 0 aliphatic heterocycles. The van der Waals surface area contributed by atoms with Crippen molar-refractivity contribution in [2.45, 2.75) is 20.1 Å². The third kappa shape index (κ3) is 3.34. The lowest BCUT2D eigenvalue weighted by Gasteiger charge is -2.05. The van der Waals surface area contributed by atoms with E-state index in [0.717, 1.165) is 20.1 Å². The maximum Gasteiger partial charge on any atom is 0.135 e. The van der Waals surface area contributed by atoms with E-state index in [2.05, 4.69) is 19.9 Å². The molecule has 3 aromatic rings. The molecular formula is C14H10N4S2. The fourth-order valence-corrected chi connectivity index (χ4v) is 3.14. The Morgan fingerprint density at radius 2 is 1.05 bits per heavy atom. The highest BCUT2D eigenvalue weighted by atomic mass is 32.2. The van der Waals surface area contributed by atoms with Crippen LogP contribution in [0.15, 0.2) is 81.3 Å². The van der Waals surface area contributed by atoms with Gasteiger partial charge in [-0.25, -0.2) is 19.9 Å². The molecule has 20 heavy (non-hydrogen) atoms. The Balaban J connectivity index is 1.85. The fraction of sp³-hybridized carbons (Fsp3) is 0. The molecule has 4 nitrogen and oxygen atoms in total. The molecule has 0 aromatic carbocycles. The molecule has 0 unspecified atom stereocenters. The first kappa shape index (κ1) is 13.1. The van der Waals surface area contributed by atoms with Gasteiger partial charge in [0.15, 0.2) is 0 Å². The van der Waals surface area contributed by atoms with E-state index in [4.69, 9.17) is 0 Å². The summed E-state index contributed by atoms with van der Waals surface area (Å²) in [6.45, 7) is 0. The van der Waals surface area contributed by atoms with Gasteiger partial charge in [0, 0.05) is 24.8 Å². The van der Waals surface area contributed by atoms with Crippen LogP contribution in [-0.2, 0) is 0 Å². The lowest BCUT2D eigenvalue weighted by Crippen LogP contribution is -1.90. The third-order valence-electron chi connectivity index (χ3n) is 2.31. The minimum Gasteiger partial charge on any atom is -0.250 e. The molecule has 98 valence electrons. The van der Waals surface area contributed by atoms with Gasteiger partial charge in [0.25, 0.3) is 0 Å². The minimum atomic E-state index is 0.835. The first-order valence-electron chi connectivity index (χ1n) is 5.90. The van der Waals surface area contributed by atoms with Crippen molar-refractivity contribution in [1.82, 2.24) is 19.9 Å². The van der Waals surface area contributed by atoms with Crippen LogP contribution < -0.4 is 0 Å². The number of pyridine rings is 2. The SMILES string of the molecule is c1ccc(Sc2nccnc2Sc2ccccn2)nc1. The van der Waals surface area contributed by atoms with E-state index in [1.165, 1.54) is 23.5 Å². The molecule has 0 amide bonds. The molecule has 0 fully saturated rings. The number of hydrogen-bond donors (Lipinski definition) is 0. The highest BCUT2D eigenvalue weighted by Gasteiger charge is 2.10. The Kier molecular flexibility index (Phi) is 4.25. The molecule has 0 N–H and O–H groups in total. The molecular weight excluding hydrogens is 288 g/mol. The molecule has 0 aliphatic carbocycles. The summed E-state index contributed by atoms with van der Waals surface area (Å²) in [5.41, 5.74) is 0. The Bertz CT molecular complexity index is 617. The van der Waals surface area contributed by atoms with Gasteiger partial charge in [0.1, 0.15) is 20.1 Å². The van der Waals surface area contributed by atoms with E-state index in [9.17, 15) is 0 Å². The van der Waals surface area contributed by atoms with Crippen molar-refractivity contribution in [3.8, 4) is 0 Å². The van der Waals surface area contributed by atoms with Gasteiger partial charge in [0.05, 0.1) is 0 Å². The second kappa shape index (κ2) is 6.49. The van der Waals surface area contributed by atoms with Crippen LogP contribution in [0.1, 0.15) is 0 Å². The third-order valence-corrected chi connectivity index (χ3v) is 4.33. The van der Waals surface area contributed by atoms with Crippen LogP contribution in [0.25, 0.3) is 0 Å². The Labute approximate surface area is 125 Å². The Morgan fingerprint density at radius 1 is 0.550 bits per heavy atom. The molecule has 0 spiro atoms. The second-order valence-electron chi connectivity index (χ2n) is 3.71. The van der Waals surface area contributed by atoms with E-state index in [0.29, 0.717) is 0 Å². The molecule has 0 bridgehead atoms. The highest BCUT2D eigenvalue weighted by molar-refractivity contribution is 8.02. The van der Waals surface area contributed by atoms with Crippen LogP contribution in [0.3, 0.4) is 0 Å². The van der Waals surface area contributed by atoms with Gasteiger partial charge in [-0.2, -0.15) is 0 Å². The van der Waals surface area contributed by atoms with Crippen molar-refractivity contribution in [3.05, 3.63) is 61.2 Å². The zero-order valence-corrected chi connectivity index (χ0v) is 12.0. The quantitative estimate of drug-likeness (QED) is 0.734. The van der Waals surface area contributed by atoms with Crippen molar-refractivity contribution >= 4 is 23.5 Å². The van der Waals surface area contributed by atoms with Crippen LogP contribution in [0.5, 0.6) is 0 Å². The Morgan fingerprint density at radius 3 is 1.45 bits per heavy atom. The van der Waals surface area contributed by atoms with Gasteiger partial charge in [0.2, 0.25) is 0 Å². The smallest absolute Gasteiger partial charge is 0.135 e. The standard InChI is InChI=1S/C14H10N4S2/c1-3-7-15-11(5-1)19-13-14(18-10-9-17-13)20-12-6-2-4-8-16-12/h1-10H. The molecule has 0 saturated heterocycles. The topological polar surface area (TPSA) is 51.6 Å². The van der Waals surface area contributed by atoms with Gasteiger partial charge in [-0.15, -0.1) is 0 Å². The lowest BCUT2D eigenvalue weighted by molar-refractivity contribution is 0.912. The normalized spacial score (nSPS) is 10.4. The molecule has 6 heteroatoms. The van der Waals surface area contributed by atoms with Crippen LogP contribution in [-0.4, -0.2) is 19.9 Å². The molecule has 0 aliphatic rings. The van der Waals surface area contributed by atoms with E-state index in [-0.39, 0.29) is 0 Å². The molecule has 0 radical (unpaired) electrons. The minimum absolute atomic E-state index is 0.835.